The molecule has 0 saturated heterocycles. The highest BCUT2D eigenvalue weighted by atomic mass is 35.5. The summed E-state index contributed by atoms with van der Waals surface area (Å²) in [6.45, 7) is 3.27. The van der Waals surface area contributed by atoms with Gasteiger partial charge in [-0.05, 0) is 37.1 Å². The summed E-state index contributed by atoms with van der Waals surface area (Å²) in [6.07, 6.45) is 3.62. The monoisotopic (exact) mass is 273 g/mol. The summed E-state index contributed by atoms with van der Waals surface area (Å²) in [4.78, 5) is 2.43. The van der Waals surface area contributed by atoms with Gasteiger partial charge in [0.2, 0.25) is 0 Å². The molecular weight excluding hydrogens is 258 g/mol. The Kier molecular flexibility index (Phi) is 2.19. The minimum atomic E-state index is 0.393. The largest absolute Gasteiger partial charge is 0.370 e. The molecule has 0 amide bonds. The molecule has 0 aliphatic carbocycles. The maximum absolute atomic E-state index is 6.16. The van der Waals surface area contributed by atoms with Crippen molar-refractivity contribution >= 4 is 28.2 Å². The quantitative estimate of drug-likeness (QED) is 0.796. The van der Waals surface area contributed by atoms with Crippen LogP contribution in [0.1, 0.15) is 18.2 Å². The van der Waals surface area contributed by atoms with Crippen molar-refractivity contribution < 1.29 is 0 Å². The van der Waals surface area contributed by atoms with Gasteiger partial charge in [-0.1, -0.05) is 11.6 Å². The highest BCUT2D eigenvalue weighted by molar-refractivity contribution is 6.31. The van der Waals surface area contributed by atoms with Gasteiger partial charge < -0.3 is 14.8 Å². The average molecular weight is 274 g/mol. The van der Waals surface area contributed by atoms with E-state index < -0.39 is 0 Å². The third-order valence-electron chi connectivity index (χ3n) is 4.35. The summed E-state index contributed by atoms with van der Waals surface area (Å²) < 4.78 is 2.29. The van der Waals surface area contributed by atoms with Crippen LogP contribution in [-0.4, -0.2) is 22.2 Å². The zero-order chi connectivity index (χ0) is 13.1. The smallest absolute Gasteiger partial charge is 0.0958 e. The lowest BCUT2D eigenvalue weighted by molar-refractivity contribution is 0.307. The number of nitrogens with one attached hydrogen (secondary N) is 1. The Balaban J connectivity index is 2.03. The van der Waals surface area contributed by atoms with Crippen LogP contribution in [0, 0.1) is 0 Å². The third-order valence-corrected chi connectivity index (χ3v) is 4.58. The summed E-state index contributed by atoms with van der Waals surface area (Å²) in [5, 5.41) is 5.52. The molecule has 2 aliphatic rings. The summed E-state index contributed by atoms with van der Waals surface area (Å²) in [7, 11) is 2.14. The van der Waals surface area contributed by atoms with Crippen LogP contribution in [0.25, 0.3) is 16.6 Å². The lowest BCUT2D eigenvalue weighted by Crippen LogP contribution is -2.37. The Morgan fingerprint density at radius 3 is 3.05 bits per heavy atom. The predicted octanol–water partition coefficient (Wildman–Crippen LogP) is 2.94. The van der Waals surface area contributed by atoms with Gasteiger partial charge in [0.15, 0.2) is 0 Å². The molecule has 2 aromatic rings. The van der Waals surface area contributed by atoms with Gasteiger partial charge in [0, 0.05) is 35.7 Å². The Labute approximate surface area is 117 Å². The second-order valence-corrected chi connectivity index (χ2v) is 5.80. The Morgan fingerprint density at radius 1 is 1.37 bits per heavy atom. The molecule has 0 fully saturated rings. The molecule has 19 heavy (non-hydrogen) atoms. The molecule has 4 heteroatoms. The summed E-state index contributed by atoms with van der Waals surface area (Å²) in [5.74, 6) is 0. The molecule has 0 spiro atoms. The number of rotatable bonds is 0. The van der Waals surface area contributed by atoms with Crippen LogP contribution in [0.5, 0.6) is 0 Å². The molecule has 0 radical (unpaired) electrons. The number of nitrogens with zero attached hydrogens (tertiary/aromatic N) is 2. The molecule has 3 nitrogen and oxygen atoms in total. The normalized spacial score (nSPS) is 21.1. The summed E-state index contributed by atoms with van der Waals surface area (Å²) in [6, 6.07) is 6.18. The van der Waals surface area contributed by atoms with Crippen LogP contribution < -0.4 is 5.32 Å². The van der Waals surface area contributed by atoms with E-state index in [2.05, 4.69) is 47.1 Å². The zero-order valence-corrected chi connectivity index (χ0v) is 11.8. The maximum Gasteiger partial charge on any atom is 0.0958 e. The summed E-state index contributed by atoms with van der Waals surface area (Å²) >= 11 is 6.16. The topological polar surface area (TPSA) is 20.2 Å². The van der Waals surface area contributed by atoms with Gasteiger partial charge in [0.25, 0.3) is 0 Å². The van der Waals surface area contributed by atoms with Gasteiger partial charge in [0.1, 0.15) is 0 Å². The number of aryl methyl sites for hydroxylation is 1. The fourth-order valence-corrected chi connectivity index (χ4v) is 3.58. The molecule has 0 bridgehead atoms. The number of benzene rings is 1. The minimum absolute atomic E-state index is 0.393. The van der Waals surface area contributed by atoms with E-state index in [0.717, 1.165) is 18.0 Å². The van der Waals surface area contributed by atoms with Crippen molar-refractivity contribution in [2.24, 2.45) is 7.05 Å². The number of aromatic nitrogens is 1. The molecule has 1 aromatic heterocycles. The second-order valence-electron chi connectivity index (χ2n) is 5.36. The highest BCUT2D eigenvalue weighted by Gasteiger charge is 2.32. The fourth-order valence-electron chi connectivity index (χ4n) is 3.40. The van der Waals surface area contributed by atoms with E-state index in [0.29, 0.717) is 6.17 Å². The lowest BCUT2D eigenvalue weighted by atomic mass is 10.0. The summed E-state index contributed by atoms with van der Waals surface area (Å²) in [5.41, 5.74) is 5.33. The SMILES string of the molecule is CC1NC=C2c3c(c4cc(Cl)ccc4n3C)CCN21. The first-order chi connectivity index (χ1) is 9.16. The molecule has 4 rings (SSSR count). The van der Waals surface area contributed by atoms with E-state index in [4.69, 9.17) is 11.6 Å². The van der Waals surface area contributed by atoms with Gasteiger partial charge in [-0.3, -0.25) is 0 Å². The van der Waals surface area contributed by atoms with Crippen molar-refractivity contribution in [3.05, 3.63) is 40.7 Å². The van der Waals surface area contributed by atoms with Gasteiger partial charge in [-0.25, -0.2) is 0 Å². The number of fused-ring (bicyclic) bond motifs is 5. The predicted molar refractivity (Wildman–Crippen MR) is 78.9 cm³/mol. The van der Waals surface area contributed by atoms with Crippen LogP contribution >= 0.6 is 11.6 Å². The van der Waals surface area contributed by atoms with Crippen LogP contribution in [0.4, 0.5) is 0 Å². The third kappa shape index (κ3) is 1.39. The number of hydrogen-bond donors (Lipinski definition) is 1. The molecule has 98 valence electrons. The first-order valence-corrected chi connectivity index (χ1v) is 7.04. The first kappa shape index (κ1) is 11.2. The number of hydrogen-bond acceptors (Lipinski definition) is 2. The molecule has 1 unspecified atom stereocenters. The van der Waals surface area contributed by atoms with Crippen molar-refractivity contribution in [3.8, 4) is 0 Å². The van der Waals surface area contributed by atoms with Crippen molar-refractivity contribution in [1.82, 2.24) is 14.8 Å². The lowest BCUT2D eigenvalue weighted by Gasteiger charge is -2.31. The van der Waals surface area contributed by atoms with Crippen LogP contribution in [0.15, 0.2) is 24.4 Å². The highest BCUT2D eigenvalue weighted by Crippen LogP contribution is 2.38. The molecule has 3 heterocycles. The average Bonchev–Trinajstić information content (AvgIpc) is 2.90. The van der Waals surface area contributed by atoms with Gasteiger partial charge >= 0.3 is 0 Å². The molecule has 1 aromatic carbocycles. The van der Waals surface area contributed by atoms with E-state index in [1.165, 1.54) is 27.9 Å². The van der Waals surface area contributed by atoms with Gasteiger partial charge in [0.05, 0.1) is 17.6 Å². The standard InChI is InChI=1S/C15H16ClN3/c1-9-17-8-14-15-11(5-6-19(9)14)12-7-10(16)3-4-13(12)18(15)2/h3-4,7-9,17H,5-6H2,1-2H3. The molecule has 0 saturated carbocycles. The van der Waals surface area contributed by atoms with Gasteiger partial charge in [-0.15, -0.1) is 0 Å². The molecule has 1 atom stereocenters. The van der Waals surface area contributed by atoms with Crippen molar-refractivity contribution in [1.29, 1.82) is 0 Å². The van der Waals surface area contributed by atoms with E-state index >= 15 is 0 Å². The molecule has 1 N–H and O–H groups in total. The van der Waals surface area contributed by atoms with E-state index in [1.807, 2.05) is 6.07 Å². The molecular formula is C15H16ClN3. The van der Waals surface area contributed by atoms with Crippen molar-refractivity contribution in [2.45, 2.75) is 19.5 Å². The Hall–Kier alpha value is -1.61. The van der Waals surface area contributed by atoms with E-state index in [9.17, 15) is 0 Å². The minimum Gasteiger partial charge on any atom is -0.370 e. The van der Waals surface area contributed by atoms with Crippen LogP contribution in [0.3, 0.4) is 0 Å². The second kappa shape index (κ2) is 3.70. The maximum atomic E-state index is 6.16. The van der Waals surface area contributed by atoms with Crippen LogP contribution in [-0.2, 0) is 13.5 Å². The Morgan fingerprint density at radius 2 is 2.21 bits per heavy atom. The zero-order valence-electron chi connectivity index (χ0n) is 11.1. The fraction of sp³-hybridized carbons (Fsp3) is 0.333. The first-order valence-electron chi connectivity index (χ1n) is 6.67. The van der Waals surface area contributed by atoms with E-state index in [-0.39, 0.29) is 0 Å². The van der Waals surface area contributed by atoms with Crippen molar-refractivity contribution in [3.63, 3.8) is 0 Å². The van der Waals surface area contributed by atoms with E-state index in [1.54, 1.807) is 0 Å². The number of halogens is 1. The van der Waals surface area contributed by atoms with Crippen molar-refractivity contribution in [2.75, 3.05) is 6.54 Å². The van der Waals surface area contributed by atoms with Gasteiger partial charge in [-0.2, -0.15) is 0 Å². The Bertz CT molecular complexity index is 714. The molecule has 2 aliphatic heterocycles. The van der Waals surface area contributed by atoms with Crippen LogP contribution in [0.2, 0.25) is 5.02 Å².